The molecule has 2 heterocycles. The Labute approximate surface area is 168 Å². The summed E-state index contributed by atoms with van der Waals surface area (Å²) in [5.74, 6) is -2.80. The molecule has 2 aromatic heterocycles. The van der Waals surface area contributed by atoms with E-state index in [1.165, 1.54) is 6.07 Å². The fraction of sp³-hybridized carbons (Fsp3) is 0. The molecule has 3 N–H and O–H groups in total. The smallest absolute Gasteiger partial charge is 0.212 e. The highest BCUT2D eigenvalue weighted by Crippen LogP contribution is 2.31. The van der Waals surface area contributed by atoms with Gasteiger partial charge in [0.05, 0.1) is 5.56 Å². The van der Waals surface area contributed by atoms with E-state index in [-0.39, 0.29) is 10.7 Å². The number of anilines is 3. The Balaban J connectivity index is 1.56. The first-order valence-electron chi connectivity index (χ1n) is 8.55. The number of rotatable bonds is 5. The third kappa shape index (κ3) is 3.83. The van der Waals surface area contributed by atoms with E-state index in [9.17, 15) is 13.6 Å². The number of thiazole rings is 1. The number of nitrogen functional groups attached to an aromatic ring is 1. The largest absolute Gasteiger partial charge is 0.382 e. The number of aromatic nitrogens is 2. The van der Waals surface area contributed by atoms with Crippen molar-refractivity contribution in [2.75, 3.05) is 11.1 Å². The molecular weight excluding hydrogens is 394 g/mol. The third-order valence-electron chi connectivity index (χ3n) is 4.20. The summed E-state index contributed by atoms with van der Waals surface area (Å²) in [7, 11) is 0. The van der Waals surface area contributed by atoms with Crippen LogP contribution in [0, 0.1) is 11.6 Å². The van der Waals surface area contributed by atoms with Gasteiger partial charge in [-0.05, 0) is 47.5 Å². The lowest BCUT2D eigenvalue weighted by Crippen LogP contribution is -2.07. The van der Waals surface area contributed by atoms with Gasteiger partial charge in [0.15, 0.2) is 5.13 Å². The molecule has 0 unspecified atom stereocenters. The van der Waals surface area contributed by atoms with Crippen molar-refractivity contribution in [2.45, 2.75) is 0 Å². The number of halogens is 2. The van der Waals surface area contributed by atoms with Crippen LogP contribution in [0.5, 0.6) is 0 Å². The van der Waals surface area contributed by atoms with Crippen molar-refractivity contribution in [2.24, 2.45) is 0 Å². The summed E-state index contributed by atoms with van der Waals surface area (Å²) >= 11 is 0.937. The molecule has 4 aromatic rings. The normalized spacial score (nSPS) is 10.7. The third-order valence-corrected chi connectivity index (χ3v) is 5.18. The van der Waals surface area contributed by atoms with Crippen LogP contribution in [0.4, 0.5) is 25.4 Å². The fourth-order valence-electron chi connectivity index (χ4n) is 2.79. The fourth-order valence-corrected chi connectivity index (χ4v) is 3.64. The summed E-state index contributed by atoms with van der Waals surface area (Å²) in [6.45, 7) is 0. The molecule has 4 rings (SSSR count). The van der Waals surface area contributed by atoms with Gasteiger partial charge in [0.25, 0.3) is 0 Å². The van der Waals surface area contributed by atoms with E-state index in [0.29, 0.717) is 5.13 Å². The number of nitrogens with one attached hydrogen (secondary N) is 1. The zero-order chi connectivity index (χ0) is 20.4. The van der Waals surface area contributed by atoms with Gasteiger partial charge in [-0.15, -0.1) is 0 Å². The number of nitrogens with two attached hydrogens (primary N) is 1. The lowest BCUT2D eigenvalue weighted by Gasteiger charge is -2.05. The molecule has 0 atom stereocenters. The second-order valence-corrected chi connectivity index (χ2v) is 7.10. The van der Waals surface area contributed by atoms with Crippen molar-refractivity contribution in [3.63, 3.8) is 0 Å². The first-order valence-corrected chi connectivity index (χ1v) is 9.37. The number of carbonyl (C=O) groups is 1. The minimum atomic E-state index is -0.941. The Hall–Kier alpha value is -3.65. The number of carbonyl (C=O) groups excluding carboxylic acids is 1. The van der Waals surface area contributed by atoms with Crippen molar-refractivity contribution in [3.8, 4) is 11.1 Å². The minimum absolute atomic E-state index is 0.0232. The molecule has 0 radical (unpaired) electrons. The number of ketones is 1. The van der Waals surface area contributed by atoms with Gasteiger partial charge in [-0.25, -0.2) is 13.8 Å². The predicted molar refractivity (Wildman–Crippen MR) is 109 cm³/mol. The van der Waals surface area contributed by atoms with Crippen LogP contribution in [0.3, 0.4) is 0 Å². The van der Waals surface area contributed by atoms with Crippen LogP contribution in [0.15, 0.2) is 67.0 Å². The van der Waals surface area contributed by atoms with Crippen molar-refractivity contribution in [1.29, 1.82) is 0 Å². The lowest BCUT2D eigenvalue weighted by atomic mass is 10.1. The first kappa shape index (κ1) is 18.7. The maximum Gasteiger partial charge on any atom is 0.212 e. The Morgan fingerprint density at radius 3 is 2.21 bits per heavy atom. The summed E-state index contributed by atoms with van der Waals surface area (Å²) < 4.78 is 27.8. The Bertz CT molecular complexity index is 1160. The molecule has 0 bridgehead atoms. The van der Waals surface area contributed by atoms with Gasteiger partial charge in [-0.1, -0.05) is 29.5 Å². The summed E-state index contributed by atoms with van der Waals surface area (Å²) in [5.41, 5.74) is 7.96. The molecule has 0 aliphatic heterocycles. The van der Waals surface area contributed by atoms with E-state index in [1.807, 2.05) is 36.4 Å². The van der Waals surface area contributed by atoms with Crippen LogP contribution in [0.2, 0.25) is 0 Å². The predicted octanol–water partition coefficient (Wildman–Crippen LogP) is 5.04. The monoisotopic (exact) mass is 408 g/mol. The molecule has 0 saturated heterocycles. The number of hydrogen-bond acceptors (Lipinski definition) is 6. The second-order valence-electron chi connectivity index (χ2n) is 6.10. The van der Waals surface area contributed by atoms with Gasteiger partial charge in [-0.2, -0.15) is 0 Å². The minimum Gasteiger partial charge on any atom is -0.382 e. The molecule has 2 aromatic carbocycles. The van der Waals surface area contributed by atoms with Crippen LogP contribution >= 0.6 is 11.3 Å². The zero-order valence-electron chi connectivity index (χ0n) is 14.9. The van der Waals surface area contributed by atoms with E-state index in [2.05, 4.69) is 15.3 Å². The lowest BCUT2D eigenvalue weighted by molar-refractivity contribution is 0.103. The van der Waals surface area contributed by atoms with Gasteiger partial charge in [-0.3, -0.25) is 9.78 Å². The maximum atomic E-state index is 13.9. The van der Waals surface area contributed by atoms with Gasteiger partial charge in [0, 0.05) is 18.1 Å². The molecule has 0 aliphatic carbocycles. The Kier molecular flexibility index (Phi) is 5.01. The molecule has 0 aliphatic rings. The van der Waals surface area contributed by atoms with Crippen molar-refractivity contribution in [1.82, 2.24) is 9.97 Å². The molecule has 0 fully saturated rings. The van der Waals surface area contributed by atoms with Gasteiger partial charge in [0.1, 0.15) is 22.3 Å². The second kappa shape index (κ2) is 7.76. The van der Waals surface area contributed by atoms with Crippen molar-refractivity contribution < 1.29 is 13.6 Å². The molecular formula is C21H14F2N4OS. The van der Waals surface area contributed by atoms with Gasteiger partial charge in [0.2, 0.25) is 5.78 Å². The summed E-state index contributed by atoms with van der Waals surface area (Å²) in [6, 6.07) is 14.6. The van der Waals surface area contributed by atoms with Gasteiger partial charge >= 0.3 is 0 Å². The van der Waals surface area contributed by atoms with E-state index < -0.39 is 23.0 Å². The standard InChI is InChI=1S/C21H14F2N4OS/c22-15-2-1-3-16(23)17(15)18(28)19-20(24)27-21(29-19)26-14-6-4-12(5-7-14)13-8-10-25-11-9-13/h1-11H,24H2,(H,26,27). The molecule has 5 nitrogen and oxygen atoms in total. The Morgan fingerprint density at radius 1 is 0.931 bits per heavy atom. The van der Waals surface area contributed by atoms with Crippen LogP contribution in [0.25, 0.3) is 11.1 Å². The van der Waals surface area contributed by atoms with Gasteiger partial charge < -0.3 is 11.1 Å². The quantitative estimate of drug-likeness (QED) is 0.452. The zero-order valence-corrected chi connectivity index (χ0v) is 15.7. The molecule has 0 amide bonds. The van der Waals surface area contributed by atoms with Crippen molar-refractivity contribution >= 4 is 33.8 Å². The highest BCUT2D eigenvalue weighted by Gasteiger charge is 2.24. The molecule has 0 saturated carbocycles. The summed E-state index contributed by atoms with van der Waals surface area (Å²) in [6.07, 6.45) is 3.44. The number of benzene rings is 2. The summed E-state index contributed by atoms with van der Waals surface area (Å²) in [5, 5.41) is 3.40. The Morgan fingerprint density at radius 2 is 1.55 bits per heavy atom. The van der Waals surface area contributed by atoms with E-state index in [1.54, 1.807) is 12.4 Å². The summed E-state index contributed by atoms with van der Waals surface area (Å²) in [4.78, 5) is 20.6. The number of pyridine rings is 1. The van der Waals surface area contributed by atoms with E-state index in [4.69, 9.17) is 5.73 Å². The SMILES string of the molecule is Nc1nc(Nc2ccc(-c3ccncc3)cc2)sc1C(=O)c1c(F)cccc1F. The highest BCUT2D eigenvalue weighted by molar-refractivity contribution is 7.18. The average Bonchev–Trinajstić information content (AvgIpc) is 3.09. The number of nitrogens with zero attached hydrogens (tertiary/aromatic N) is 2. The van der Waals surface area contributed by atoms with E-state index in [0.717, 1.165) is 40.3 Å². The van der Waals surface area contributed by atoms with E-state index >= 15 is 0 Å². The average molecular weight is 408 g/mol. The topological polar surface area (TPSA) is 80.9 Å². The molecule has 29 heavy (non-hydrogen) atoms. The number of hydrogen-bond donors (Lipinski definition) is 2. The van der Waals surface area contributed by atoms with Crippen LogP contribution < -0.4 is 11.1 Å². The highest BCUT2D eigenvalue weighted by atomic mass is 32.1. The van der Waals surface area contributed by atoms with Crippen LogP contribution in [-0.2, 0) is 0 Å². The molecule has 144 valence electrons. The van der Waals surface area contributed by atoms with Crippen molar-refractivity contribution in [3.05, 3.63) is 89.1 Å². The first-order chi connectivity index (χ1) is 14.0. The van der Waals surface area contributed by atoms with Crippen LogP contribution in [0.1, 0.15) is 15.2 Å². The molecule has 0 spiro atoms. The maximum absolute atomic E-state index is 13.9. The molecule has 8 heteroatoms. The van der Waals surface area contributed by atoms with Crippen LogP contribution in [-0.4, -0.2) is 15.8 Å².